The van der Waals surface area contributed by atoms with Crippen LogP contribution in [0.25, 0.3) is 0 Å². The Morgan fingerprint density at radius 1 is 1.00 bits per heavy atom. The molecule has 2 aromatic carbocycles. The molecule has 2 nitrogen and oxygen atoms in total. The monoisotopic (exact) mass is 269 g/mol. The predicted molar refractivity (Wildman–Crippen MR) is 84.9 cm³/mol. The summed E-state index contributed by atoms with van der Waals surface area (Å²) in [7, 11) is 0. The van der Waals surface area contributed by atoms with Gasteiger partial charge in [-0.1, -0.05) is 61.9 Å². The van der Waals surface area contributed by atoms with Gasteiger partial charge in [-0.05, 0) is 24.6 Å². The van der Waals surface area contributed by atoms with Crippen LogP contribution >= 0.6 is 0 Å². The topological polar surface area (TPSA) is 32.3 Å². The number of rotatable bonds is 5. The van der Waals surface area contributed by atoms with Crippen LogP contribution in [-0.2, 0) is 0 Å². The number of anilines is 1. The van der Waals surface area contributed by atoms with Gasteiger partial charge in [-0.25, -0.2) is 0 Å². The molecule has 0 radical (unpaired) electrons. The quantitative estimate of drug-likeness (QED) is 0.854. The lowest BCUT2D eigenvalue weighted by Gasteiger charge is -2.31. The van der Waals surface area contributed by atoms with Crippen LogP contribution in [0.15, 0.2) is 54.6 Å². The van der Waals surface area contributed by atoms with Crippen molar-refractivity contribution in [3.63, 3.8) is 0 Å². The van der Waals surface area contributed by atoms with E-state index in [-0.39, 0.29) is 5.41 Å². The zero-order chi connectivity index (χ0) is 14.6. The molecule has 0 spiro atoms. The Morgan fingerprint density at radius 2 is 1.60 bits per heavy atom. The fourth-order valence-corrected chi connectivity index (χ4v) is 2.18. The zero-order valence-electron chi connectivity index (χ0n) is 12.4. The van der Waals surface area contributed by atoms with Crippen molar-refractivity contribution in [2.24, 2.45) is 5.41 Å². The molecule has 0 saturated carbocycles. The van der Waals surface area contributed by atoms with Gasteiger partial charge in [0.25, 0.3) is 0 Å². The molecule has 2 rings (SSSR count). The summed E-state index contributed by atoms with van der Waals surface area (Å²) >= 11 is 0. The number of nitrogens with one attached hydrogen (secondary N) is 1. The Bertz CT molecular complexity index is 531. The Morgan fingerprint density at radius 3 is 2.20 bits per heavy atom. The van der Waals surface area contributed by atoms with Gasteiger partial charge >= 0.3 is 0 Å². The van der Waals surface area contributed by atoms with E-state index in [9.17, 15) is 5.11 Å². The Hall–Kier alpha value is -1.80. The highest BCUT2D eigenvalue weighted by Crippen LogP contribution is 2.33. The largest absolute Gasteiger partial charge is 0.388 e. The SMILES string of the molecule is Cc1ccc(NCC(C)(C)C(O)c2ccccc2)cc1. The average molecular weight is 269 g/mol. The number of hydrogen-bond donors (Lipinski definition) is 2. The van der Waals surface area contributed by atoms with Gasteiger partial charge in [0.05, 0.1) is 6.10 Å². The van der Waals surface area contributed by atoms with Gasteiger partial charge in [0, 0.05) is 17.6 Å². The third-order valence-corrected chi connectivity index (χ3v) is 3.66. The first-order chi connectivity index (χ1) is 9.49. The summed E-state index contributed by atoms with van der Waals surface area (Å²) < 4.78 is 0. The zero-order valence-corrected chi connectivity index (χ0v) is 12.4. The Balaban J connectivity index is 2.01. The van der Waals surface area contributed by atoms with E-state index in [0.29, 0.717) is 6.54 Å². The number of aliphatic hydroxyl groups is 1. The van der Waals surface area contributed by atoms with E-state index >= 15 is 0 Å². The molecule has 0 bridgehead atoms. The van der Waals surface area contributed by atoms with E-state index in [4.69, 9.17) is 0 Å². The number of aliphatic hydroxyl groups excluding tert-OH is 1. The molecule has 20 heavy (non-hydrogen) atoms. The van der Waals surface area contributed by atoms with Gasteiger partial charge in [0.2, 0.25) is 0 Å². The summed E-state index contributed by atoms with van der Waals surface area (Å²) in [6.07, 6.45) is -0.485. The first-order valence-corrected chi connectivity index (χ1v) is 7.02. The van der Waals surface area contributed by atoms with Crippen LogP contribution in [0.4, 0.5) is 5.69 Å². The summed E-state index contributed by atoms with van der Waals surface area (Å²) in [6, 6.07) is 18.1. The molecular formula is C18H23NO. The third kappa shape index (κ3) is 3.61. The minimum atomic E-state index is -0.485. The summed E-state index contributed by atoms with van der Waals surface area (Å²) in [4.78, 5) is 0. The fourth-order valence-electron chi connectivity index (χ4n) is 2.18. The Labute approximate surface area is 121 Å². The predicted octanol–water partition coefficient (Wildman–Crippen LogP) is 4.17. The molecule has 0 aliphatic heterocycles. The maximum absolute atomic E-state index is 10.5. The molecule has 0 heterocycles. The molecule has 2 N–H and O–H groups in total. The highest BCUT2D eigenvalue weighted by Gasteiger charge is 2.28. The van der Waals surface area contributed by atoms with Gasteiger partial charge in [0.1, 0.15) is 0 Å². The van der Waals surface area contributed by atoms with Crippen LogP contribution in [0.1, 0.15) is 31.1 Å². The van der Waals surface area contributed by atoms with Crippen molar-refractivity contribution >= 4 is 5.69 Å². The lowest BCUT2D eigenvalue weighted by molar-refractivity contribution is 0.0584. The van der Waals surface area contributed by atoms with E-state index in [1.165, 1.54) is 5.56 Å². The van der Waals surface area contributed by atoms with Crippen molar-refractivity contribution in [3.8, 4) is 0 Å². The molecule has 0 aliphatic rings. The van der Waals surface area contributed by atoms with Crippen molar-refractivity contribution in [3.05, 3.63) is 65.7 Å². The molecule has 0 amide bonds. The van der Waals surface area contributed by atoms with Crippen LogP contribution in [-0.4, -0.2) is 11.7 Å². The summed E-state index contributed by atoms with van der Waals surface area (Å²) in [6.45, 7) is 6.94. The van der Waals surface area contributed by atoms with Crippen molar-refractivity contribution in [1.82, 2.24) is 0 Å². The van der Waals surface area contributed by atoms with E-state index < -0.39 is 6.10 Å². The average Bonchev–Trinajstić information content (AvgIpc) is 2.47. The van der Waals surface area contributed by atoms with Crippen LogP contribution in [0.5, 0.6) is 0 Å². The summed E-state index contributed by atoms with van der Waals surface area (Å²) in [5.41, 5.74) is 3.05. The maximum Gasteiger partial charge on any atom is 0.0857 e. The molecule has 0 fully saturated rings. The third-order valence-electron chi connectivity index (χ3n) is 3.66. The molecule has 0 aromatic heterocycles. The summed E-state index contributed by atoms with van der Waals surface area (Å²) in [5.74, 6) is 0. The van der Waals surface area contributed by atoms with Crippen LogP contribution in [0, 0.1) is 12.3 Å². The first kappa shape index (κ1) is 14.6. The van der Waals surface area contributed by atoms with Crippen LogP contribution in [0.2, 0.25) is 0 Å². The lowest BCUT2D eigenvalue weighted by Crippen LogP contribution is -2.30. The molecule has 0 saturated heterocycles. The molecule has 2 heteroatoms. The first-order valence-electron chi connectivity index (χ1n) is 7.02. The molecule has 1 atom stereocenters. The minimum Gasteiger partial charge on any atom is -0.388 e. The molecule has 106 valence electrons. The van der Waals surface area contributed by atoms with Gasteiger partial charge in [-0.2, -0.15) is 0 Å². The van der Waals surface area contributed by atoms with Gasteiger partial charge < -0.3 is 10.4 Å². The highest BCUT2D eigenvalue weighted by atomic mass is 16.3. The second-order valence-corrected chi connectivity index (χ2v) is 6.02. The number of benzene rings is 2. The number of aryl methyl sites for hydroxylation is 1. The van der Waals surface area contributed by atoms with E-state index in [1.54, 1.807) is 0 Å². The molecule has 2 aromatic rings. The molecular weight excluding hydrogens is 246 g/mol. The van der Waals surface area contributed by atoms with Crippen molar-refractivity contribution in [1.29, 1.82) is 0 Å². The Kier molecular flexibility index (Phi) is 4.46. The van der Waals surface area contributed by atoms with Crippen LogP contribution < -0.4 is 5.32 Å². The van der Waals surface area contributed by atoms with Gasteiger partial charge in [0.15, 0.2) is 0 Å². The van der Waals surface area contributed by atoms with Gasteiger partial charge in [-0.15, -0.1) is 0 Å². The lowest BCUT2D eigenvalue weighted by atomic mass is 9.82. The minimum absolute atomic E-state index is 0.244. The fraction of sp³-hybridized carbons (Fsp3) is 0.333. The summed E-state index contributed by atoms with van der Waals surface area (Å²) in [5, 5.41) is 13.9. The highest BCUT2D eigenvalue weighted by molar-refractivity contribution is 5.44. The standard InChI is InChI=1S/C18H23NO/c1-14-9-11-16(12-10-14)19-13-18(2,3)17(20)15-7-5-4-6-8-15/h4-12,17,19-20H,13H2,1-3H3. The maximum atomic E-state index is 10.5. The second kappa shape index (κ2) is 6.10. The van der Waals surface area contributed by atoms with Crippen molar-refractivity contribution in [2.75, 3.05) is 11.9 Å². The van der Waals surface area contributed by atoms with E-state index in [0.717, 1.165) is 11.3 Å². The van der Waals surface area contributed by atoms with Gasteiger partial charge in [-0.3, -0.25) is 0 Å². The van der Waals surface area contributed by atoms with E-state index in [2.05, 4.69) is 50.4 Å². The molecule has 1 unspecified atom stereocenters. The smallest absolute Gasteiger partial charge is 0.0857 e. The van der Waals surface area contributed by atoms with Crippen molar-refractivity contribution in [2.45, 2.75) is 26.9 Å². The van der Waals surface area contributed by atoms with Crippen molar-refractivity contribution < 1.29 is 5.11 Å². The normalized spacial score (nSPS) is 13.0. The molecule has 0 aliphatic carbocycles. The second-order valence-electron chi connectivity index (χ2n) is 6.02. The van der Waals surface area contributed by atoms with Crippen LogP contribution in [0.3, 0.4) is 0 Å². The number of hydrogen-bond acceptors (Lipinski definition) is 2. The van der Waals surface area contributed by atoms with E-state index in [1.807, 2.05) is 30.3 Å².